The first-order valence-electron chi connectivity index (χ1n) is 10.5. The van der Waals surface area contributed by atoms with Crippen LogP contribution in [-0.2, 0) is 21.9 Å². The van der Waals surface area contributed by atoms with E-state index in [-0.39, 0.29) is 35.9 Å². The Kier molecular flexibility index (Phi) is 6.40. The molecule has 8 nitrogen and oxygen atoms in total. The molecule has 4 rings (SSSR count). The zero-order chi connectivity index (χ0) is 24.5. The lowest BCUT2D eigenvalue weighted by Crippen LogP contribution is -2.52. The van der Waals surface area contributed by atoms with E-state index in [1.807, 2.05) is 0 Å². The fourth-order valence-electron chi connectivity index (χ4n) is 4.04. The quantitative estimate of drug-likeness (QED) is 0.469. The van der Waals surface area contributed by atoms with Crippen molar-refractivity contribution in [1.29, 1.82) is 0 Å². The molecule has 0 saturated heterocycles. The number of hydrogen-bond acceptors (Lipinski definition) is 6. The summed E-state index contributed by atoms with van der Waals surface area (Å²) >= 11 is 0. The number of carbonyl (C=O) groups is 1. The number of halogens is 3. The van der Waals surface area contributed by atoms with E-state index in [0.29, 0.717) is 19.4 Å². The SMILES string of the molecule is [C-]#[N+]c1ccc(C(=O)Cc2ccc(F)c([C@]3(C(F)F)C[S@]4(=O)=NCCCCN4C(C)=N3)n2)nc1. The van der Waals surface area contributed by atoms with Gasteiger partial charge in [-0.15, -0.1) is 0 Å². The van der Waals surface area contributed by atoms with Crippen molar-refractivity contribution in [3.8, 4) is 0 Å². The molecule has 0 radical (unpaired) electrons. The van der Waals surface area contributed by atoms with Gasteiger partial charge in [-0.05, 0) is 38.0 Å². The number of aliphatic imine (C=N–C) groups is 1. The maximum atomic E-state index is 14.9. The Bertz CT molecular complexity index is 1310. The topological polar surface area (TPSA) is 92.2 Å². The highest BCUT2D eigenvalue weighted by atomic mass is 32.2. The van der Waals surface area contributed by atoms with Crippen LogP contribution in [0.15, 0.2) is 39.8 Å². The summed E-state index contributed by atoms with van der Waals surface area (Å²) < 4.78 is 63.3. The van der Waals surface area contributed by atoms with Crippen LogP contribution < -0.4 is 0 Å². The Morgan fingerprint density at radius 3 is 2.76 bits per heavy atom. The molecule has 2 aromatic heterocycles. The molecule has 12 heteroatoms. The van der Waals surface area contributed by atoms with Gasteiger partial charge in [0.1, 0.15) is 33.0 Å². The van der Waals surface area contributed by atoms with Gasteiger partial charge in [0.2, 0.25) is 5.69 Å². The minimum atomic E-state index is -3.28. The molecular weight excluding hydrogens is 469 g/mol. The fraction of sp³-hybridized carbons (Fsp3) is 0.409. The van der Waals surface area contributed by atoms with Gasteiger partial charge >= 0.3 is 0 Å². The van der Waals surface area contributed by atoms with E-state index in [1.54, 1.807) is 0 Å². The van der Waals surface area contributed by atoms with Crippen molar-refractivity contribution in [3.63, 3.8) is 0 Å². The number of rotatable bonds is 5. The normalized spacial score (nSPS) is 24.5. The van der Waals surface area contributed by atoms with Crippen LogP contribution in [0.25, 0.3) is 4.85 Å². The third-order valence-electron chi connectivity index (χ3n) is 5.72. The highest BCUT2D eigenvalue weighted by molar-refractivity contribution is 7.92. The third kappa shape index (κ3) is 4.27. The number of pyridine rings is 2. The Balaban J connectivity index is 1.75. The van der Waals surface area contributed by atoms with E-state index in [4.69, 9.17) is 6.57 Å². The Hall–Kier alpha value is -3.33. The van der Waals surface area contributed by atoms with Crippen LogP contribution >= 0.6 is 0 Å². The summed E-state index contributed by atoms with van der Waals surface area (Å²) in [5.41, 5.74) is -2.79. The first kappa shape index (κ1) is 23.8. The summed E-state index contributed by atoms with van der Waals surface area (Å²) in [5, 5.41) is 0. The number of carbonyl (C=O) groups excluding carboxylic acids is 1. The number of amidine groups is 1. The van der Waals surface area contributed by atoms with Gasteiger partial charge in [-0.2, -0.15) is 0 Å². The monoisotopic (exact) mass is 490 g/mol. The molecule has 0 amide bonds. The van der Waals surface area contributed by atoms with Gasteiger partial charge in [0.05, 0.1) is 25.3 Å². The predicted octanol–water partition coefficient (Wildman–Crippen LogP) is 3.96. The highest BCUT2D eigenvalue weighted by Crippen LogP contribution is 2.40. The summed E-state index contributed by atoms with van der Waals surface area (Å²) in [6, 6.07) is 4.99. The third-order valence-corrected chi connectivity index (χ3v) is 8.25. The molecule has 34 heavy (non-hydrogen) atoms. The smallest absolute Gasteiger partial charge is 0.270 e. The van der Waals surface area contributed by atoms with Crippen molar-refractivity contribution in [2.24, 2.45) is 9.36 Å². The Labute approximate surface area is 195 Å². The average molecular weight is 491 g/mol. The van der Waals surface area contributed by atoms with Crippen LogP contribution in [0.5, 0.6) is 0 Å². The lowest BCUT2D eigenvalue weighted by Gasteiger charge is -2.39. The van der Waals surface area contributed by atoms with E-state index >= 15 is 0 Å². The Morgan fingerprint density at radius 1 is 1.29 bits per heavy atom. The van der Waals surface area contributed by atoms with Crippen molar-refractivity contribution < 1.29 is 22.2 Å². The lowest BCUT2D eigenvalue weighted by atomic mass is 9.96. The van der Waals surface area contributed by atoms with Crippen LogP contribution in [-0.4, -0.2) is 55.4 Å². The number of nitrogens with zero attached hydrogens (tertiary/aromatic N) is 6. The average Bonchev–Trinajstić information content (AvgIpc) is 3.01. The van der Waals surface area contributed by atoms with Crippen molar-refractivity contribution in [1.82, 2.24) is 14.3 Å². The Morgan fingerprint density at radius 2 is 2.09 bits per heavy atom. The summed E-state index contributed by atoms with van der Waals surface area (Å²) in [7, 11) is -3.28. The van der Waals surface area contributed by atoms with Gasteiger partial charge in [0.15, 0.2) is 11.3 Å². The molecule has 0 fully saturated rings. The molecule has 0 N–H and O–H groups in total. The van der Waals surface area contributed by atoms with E-state index < -0.39 is 44.9 Å². The van der Waals surface area contributed by atoms with E-state index in [1.165, 1.54) is 35.6 Å². The largest absolute Gasteiger partial charge is 0.292 e. The number of Topliss-reactive ketones (excluding diaryl/α,β-unsaturated/α-hetero) is 1. The van der Waals surface area contributed by atoms with Crippen LogP contribution in [0.4, 0.5) is 18.9 Å². The standard InChI is InChI=1S/C22H21F3N6O2S/c1-14-30-22(21(24)25,13-34(33)28-9-3-4-10-31(14)34)20-17(23)7-5-15(29-20)11-19(32)18-8-6-16(26-2)12-27-18/h5-8,12,21H,3-4,9-11,13H2,1H3/t22-,34-/m0/s1. The summed E-state index contributed by atoms with van der Waals surface area (Å²) in [4.78, 5) is 28.0. The molecule has 2 aliphatic rings. The highest BCUT2D eigenvalue weighted by Gasteiger charge is 2.52. The van der Waals surface area contributed by atoms with Crippen LogP contribution in [0, 0.1) is 12.4 Å². The van der Waals surface area contributed by atoms with Gasteiger partial charge < -0.3 is 0 Å². The first-order valence-corrected chi connectivity index (χ1v) is 12.2. The van der Waals surface area contributed by atoms with Crippen LogP contribution in [0.2, 0.25) is 0 Å². The molecule has 4 heterocycles. The van der Waals surface area contributed by atoms with Gasteiger partial charge in [-0.3, -0.25) is 24.1 Å². The second-order valence-corrected chi connectivity index (χ2v) is 10.2. The molecule has 0 spiro atoms. The van der Waals surface area contributed by atoms with Crippen LogP contribution in [0.1, 0.15) is 41.6 Å². The predicted molar refractivity (Wildman–Crippen MR) is 120 cm³/mol. The number of aromatic nitrogens is 2. The van der Waals surface area contributed by atoms with Crippen LogP contribution in [0.3, 0.4) is 0 Å². The van der Waals surface area contributed by atoms with Crippen molar-refractivity contribution in [2.45, 2.75) is 38.2 Å². The second kappa shape index (κ2) is 9.13. The maximum Gasteiger partial charge on any atom is 0.270 e. The number of hydrogen-bond donors (Lipinski definition) is 0. The maximum absolute atomic E-state index is 14.9. The number of alkyl halides is 2. The molecule has 2 atom stereocenters. The van der Waals surface area contributed by atoms with E-state index in [9.17, 15) is 22.2 Å². The van der Waals surface area contributed by atoms with Crippen molar-refractivity contribution in [2.75, 3.05) is 18.8 Å². The van der Waals surface area contributed by atoms with Crippen molar-refractivity contribution in [3.05, 3.63) is 64.8 Å². The zero-order valence-corrected chi connectivity index (χ0v) is 19.1. The van der Waals surface area contributed by atoms with E-state index in [2.05, 4.69) is 24.2 Å². The molecule has 2 aromatic rings. The number of ketones is 1. The minimum absolute atomic E-state index is 0.0421. The van der Waals surface area contributed by atoms with E-state index in [0.717, 1.165) is 6.07 Å². The lowest BCUT2D eigenvalue weighted by molar-refractivity contribution is 0.0590. The fourth-order valence-corrected chi connectivity index (χ4v) is 6.60. The molecule has 0 unspecified atom stereocenters. The molecule has 0 aromatic carbocycles. The first-order chi connectivity index (χ1) is 16.2. The summed E-state index contributed by atoms with van der Waals surface area (Å²) in [6.45, 7) is 9.02. The molecule has 0 saturated carbocycles. The molecular formula is C22H21F3N6O2S. The van der Waals surface area contributed by atoms with Crippen molar-refractivity contribution >= 4 is 27.2 Å². The summed E-state index contributed by atoms with van der Waals surface area (Å²) in [6.07, 6.45) is -0.946. The minimum Gasteiger partial charge on any atom is -0.292 e. The molecule has 2 aliphatic heterocycles. The van der Waals surface area contributed by atoms with Gasteiger partial charge in [0.25, 0.3) is 6.43 Å². The van der Waals surface area contributed by atoms with Gasteiger partial charge in [-0.1, -0.05) is 6.07 Å². The molecule has 178 valence electrons. The second-order valence-electron chi connectivity index (χ2n) is 8.04. The molecule has 0 bridgehead atoms. The van der Waals surface area contributed by atoms with Gasteiger partial charge in [0, 0.05) is 18.4 Å². The summed E-state index contributed by atoms with van der Waals surface area (Å²) in [5.74, 6) is -2.12. The number of fused-ring (bicyclic) bond motifs is 1. The molecule has 0 aliphatic carbocycles. The zero-order valence-electron chi connectivity index (χ0n) is 18.2. The van der Waals surface area contributed by atoms with Gasteiger partial charge in [-0.25, -0.2) is 26.6 Å².